The maximum Gasteiger partial charge on any atom is 0.152 e. The highest BCUT2D eigenvalue weighted by molar-refractivity contribution is 5.99. The molecule has 0 unspecified atom stereocenters. The SMILES string of the molecule is Cn1cc(C=O)c2c(OC(C)(C)C)ccnc21. The maximum absolute atomic E-state index is 11.1. The van der Waals surface area contributed by atoms with Gasteiger partial charge in [-0.05, 0) is 26.8 Å². The van der Waals surface area contributed by atoms with E-state index in [9.17, 15) is 4.79 Å². The summed E-state index contributed by atoms with van der Waals surface area (Å²) in [5.74, 6) is 0.699. The van der Waals surface area contributed by atoms with E-state index in [1.165, 1.54) is 0 Å². The summed E-state index contributed by atoms with van der Waals surface area (Å²) in [4.78, 5) is 15.3. The van der Waals surface area contributed by atoms with Crippen molar-refractivity contribution in [2.24, 2.45) is 7.05 Å². The van der Waals surface area contributed by atoms with Crippen molar-refractivity contribution >= 4 is 17.3 Å². The molecule has 0 aliphatic heterocycles. The van der Waals surface area contributed by atoms with Crippen LogP contribution in [0.4, 0.5) is 0 Å². The summed E-state index contributed by atoms with van der Waals surface area (Å²) < 4.78 is 7.69. The molecule has 0 saturated heterocycles. The van der Waals surface area contributed by atoms with Gasteiger partial charge in [-0.2, -0.15) is 0 Å². The van der Waals surface area contributed by atoms with Gasteiger partial charge in [-0.3, -0.25) is 4.79 Å². The lowest BCUT2D eigenvalue weighted by molar-refractivity contribution is 0.112. The molecule has 4 heteroatoms. The topological polar surface area (TPSA) is 44.1 Å². The summed E-state index contributed by atoms with van der Waals surface area (Å²) >= 11 is 0. The predicted molar refractivity (Wildman–Crippen MR) is 66.5 cm³/mol. The second kappa shape index (κ2) is 3.87. The van der Waals surface area contributed by atoms with Gasteiger partial charge in [0.25, 0.3) is 0 Å². The molecule has 2 heterocycles. The number of rotatable bonds is 2. The Bertz CT molecular complexity index is 565. The average Bonchev–Trinajstić information content (AvgIpc) is 2.55. The zero-order valence-corrected chi connectivity index (χ0v) is 10.5. The molecule has 0 atom stereocenters. The summed E-state index contributed by atoms with van der Waals surface area (Å²) in [6.07, 6.45) is 4.29. The zero-order chi connectivity index (χ0) is 12.6. The van der Waals surface area contributed by atoms with Crippen molar-refractivity contribution in [1.82, 2.24) is 9.55 Å². The van der Waals surface area contributed by atoms with Gasteiger partial charge in [-0.25, -0.2) is 4.98 Å². The Hall–Kier alpha value is -1.84. The number of ether oxygens (including phenoxy) is 1. The minimum absolute atomic E-state index is 0.301. The predicted octanol–water partition coefficient (Wildman–Crippen LogP) is 2.56. The number of nitrogens with zero attached hydrogens (tertiary/aromatic N) is 2. The van der Waals surface area contributed by atoms with Gasteiger partial charge in [0.1, 0.15) is 17.0 Å². The van der Waals surface area contributed by atoms with Crippen LogP contribution in [0.2, 0.25) is 0 Å². The first kappa shape index (κ1) is 11.6. The van der Waals surface area contributed by atoms with Crippen LogP contribution in [-0.4, -0.2) is 21.4 Å². The van der Waals surface area contributed by atoms with Crippen molar-refractivity contribution in [3.63, 3.8) is 0 Å². The Kier molecular flexibility index (Phi) is 2.65. The fraction of sp³-hybridized carbons (Fsp3) is 0.385. The highest BCUT2D eigenvalue weighted by Gasteiger charge is 2.17. The van der Waals surface area contributed by atoms with E-state index in [1.54, 1.807) is 18.5 Å². The fourth-order valence-corrected chi connectivity index (χ4v) is 1.81. The Morgan fingerprint density at radius 1 is 1.41 bits per heavy atom. The molecule has 2 aromatic heterocycles. The zero-order valence-electron chi connectivity index (χ0n) is 10.5. The van der Waals surface area contributed by atoms with Crippen LogP contribution in [0.1, 0.15) is 31.1 Å². The fourth-order valence-electron chi connectivity index (χ4n) is 1.81. The monoisotopic (exact) mass is 232 g/mol. The number of hydrogen-bond acceptors (Lipinski definition) is 3. The van der Waals surface area contributed by atoms with Crippen LogP contribution in [0, 0.1) is 0 Å². The van der Waals surface area contributed by atoms with E-state index >= 15 is 0 Å². The van der Waals surface area contributed by atoms with Gasteiger partial charge in [-0.15, -0.1) is 0 Å². The van der Waals surface area contributed by atoms with Gasteiger partial charge < -0.3 is 9.30 Å². The number of carbonyl (C=O) groups is 1. The first-order valence-electron chi connectivity index (χ1n) is 5.50. The Labute approximate surface area is 100 Å². The van der Waals surface area contributed by atoms with Gasteiger partial charge in [0.15, 0.2) is 6.29 Å². The molecule has 0 radical (unpaired) electrons. The van der Waals surface area contributed by atoms with Gasteiger partial charge in [0.05, 0.1) is 5.39 Å². The molecule has 2 aromatic rings. The third-order valence-corrected chi connectivity index (χ3v) is 2.39. The van der Waals surface area contributed by atoms with Crippen LogP contribution in [0.3, 0.4) is 0 Å². The first-order chi connectivity index (χ1) is 7.92. The number of aldehydes is 1. The largest absolute Gasteiger partial charge is 0.487 e. The summed E-state index contributed by atoms with van der Waals surface area (Å²) in [6, 6.07) is 1.79. The summed E-state index contributed by atoms with van der Waals surface area (Å²) in [7, 11) is 1.86. The number of fused-ring (bicyclic) bond motifs is 1. The standard InChI is InChI=1S/C13H16N2O2/c1-13(2,3)17-10-5-6-14-12-11(10)9(8-16)7-15(12)4/h5-8H,1-4H3. The van der Waals surface area contributed by atoms with Crippen molar-refractivity contribution in [1.29, 1.82) is 0 Å². The second-order valence-corrected chi connectivity index (χ2v) is 5.04. The number of hydrogen-bond donors (Lipinski definition) is 0. The minimum Gasteiger partial charge on any atom is -0.487 e. The molecule has 0 saturated carbocycles. The van der Waals surface area contributed by atoms with Gasteiger partial charge in [0.2, 0.25) is 0 Å². The molecule has 0 spiro atoms. The molecule has 0 bridgehead atoms. The van der Waals surface area contributed by atoms with Gasteiger partial charge in [0, 0.05) is 25.0 Å². The lowest BCUT2D eigenvalue weighted by Crippen LogP contribution is -2.23. The van der Waals surface area contributed by atoms with E-state index < -0.39 is 0 Å². The summed E-state index contributed by atoms with van der Waals surface area (Å²) in [5.41, 5.74) is 1.06. The third kappa shape index (κ3) is 2.16. The normalized spacial score (nSPS) is 11.8. The van der Waals surface area contributed by atoms with E-state index in [4.69, 9.17) is 4.74 Å². The quantitative estimate of drug-likeness (QED) is 0.747. The molecule has 2 rings (SSSR count). The summed E-state index contributed by atoms with van der Waals surface area (Å²) in [5, 5.41) is 0.778. The molecular weight excluding hydrogens is 216 g/mol. The van der Waals surface area contributed by atoms with Crippen molar-refractivity contribution < 1.29 is 9.53 Å². The molecule has 90 valence electrons. The number of carbonyl (C=O) groups excluding carboxylic acids is 1. The smallest absolute Gasteiger partial charge is 0.152 e. The average molecular weight is 232 g/mol. The van der Waals surface area contributed by atoms with E-state index in [-0.39, 0.29) is 5.60 Å². The number of aryl methyl sites for hydroxylation is 1. The molecular formula is C13H16N2O2. The Morgan fingerprint density at radius 2 is 2.12 bits per heavy atom. The maximum atomic E-state index is 11.1. The number of pyridine rings is 1. The van der Waals surface area contributed by atoms with Crippen molar-refractivity contribution in [3.8, 4) is 5.75 Å². The number of aromatic nitrogens is 2. The van der Waals surface area contributed by atoms with Crippen LogP contribution in [0.25, 0.3) is 11.0 Å². The van der Waals surface area contributed by atoms with Crippen molar-refractivity contribution in [2.75, 3.05) is 0 Å². The molecule has 0 aliphatic carbocycles. The molecule has 0 N–H and O–H groups in total. The molecule has 0 aromatic carbocycles. The first-order valence-corrected chi connectivity index (χ1v) is 5.50. The lowest BCUT2D eigenvalue weighted by atomic mass is 10.1. The second-order valence-electron chi connectivity index (χ2n) is 5.04. The highest BCUT2D eigenvalue weighted by atomic mass is 16.5. The van der Waals surface area contributed by atoms with Crippen molar-refractivity contribution in [2.45, 2.75) is 26.4 Å². The van der Waals surface area contributed by atoms with Crippen LogP contribution in [0.5, 0.6) is 5.75 Å². The molecule has 17 heavy (non-hydrogen) atoms. The molecule has 4 nitrogen and oxygen atoms in total. The van der Waals surface area contributed by atoms with Gasteiger partial charge >= 0.3 is 0 Å². The van der Waals surface area contributed by atoms with E-state index in [1.807, 2.05) is 32.4 Å². The Morgan fingerprint density at radius 3 is 2.71 bits per heavy atom. The van der Waals surface area contributed by atoms with Crippen molar-refractivity contribution in [3.05, 3.63) is 24.0 Å². The molecule has 0 fully saturated rings. The van der Waals surface area contributed by atoms with Crippen LogP contribution in [0.15, 0.2) is 18.5 Å². The van der Waals surface area contributed by atoms with E-state index in [2.05, 4.69) is 4.98 Å². The van der Waals surface area contributed by atoms with Gasteiger partial charge in [-0.1, -0.05) is 0 Å². The lowest BCUT2D eigenvalue weighted by Gasteiger charge is -2.21. The minimum atomic E-state index is -0.301. The van der Waals surface area contributed by atoms with Crippen LogP contribution < -0.4 is 4.74 Å². The van der Waals surface area contributed by atoms with E-state index in [0.29, 0.717) is 11.3 Å². The Balaban J connectivity index is 2.67. The van der Waals surface area contributed by atoms with Crippen LogP contribution in [-0.2, 0) is 7.05 Å². The molecule has 0 aliphatic rings. The van der Waals surface area contributed by atoms with E-state index in [0.717, 1.165) is 17.3 Å². The molecule has 0 amide bonds. The summed E-state index contributed by atoms with van der Waals surface area (Å²) in [6.45, 7) is 5.92. The third-order valence-electron chi connectivity index (χ3n) is 2.39. The van der Waals surface area contributed by atoms with Crippen LogP contribution >= 0.6 is 0 Å². The highest BCUT2D eigenvalue weighted by Crippen LogP contribution is 2.30.